The topological polar surface area (TPSA) is 84.9 Å². The van der Waals surface area contributed by atoms with Crippen LogP contribution in [-0.2, 0) is 22.6 Å². The summed E-state index contributed by atoms with van der Waals surface area (Å²) in [5.41, 5.74) is 1.44. The van der Waals surface area contributed by atoms with E-state index in [9.17, 15) is 9.59 Å². The highest BCUT2D eigenvalue weighted by Crippen LogP contribution is 2.16. The molecule has 166 valence electrons. The van der Waals surface area contributed by atoms with Gasteiger partial charge in [0.05, 0.1) is 12.0 Å². The number of hydrogen-bond acceptors (Lipinski definition) is 4. The first-order chi connectivity index (χ1) is 14.6. The summed E-state index contributed by atoms with van der Waals surface area (Å²) >= 11 is 0. The lowest BCUT2D eigenvalue weighted by molar-refractivity contribution is -0.139. The number of hydrogen-bond donors (Lipinski definition) is 2. The minimum atomic E-state index is -0.924. The van der Waals surface area contributed by atoms with E-state index in [0.29, 0.717) is 13.0 Å². The van der Waals surface area contributed by atoms with Crippen molar-refractivity contribution >= 4 is 12.1 Å². The number of rotatable bonds is 9. The Morgan fingerprint density at radius 2 is 1.65 bits per heavy atom. The fourth-order valence-corrected chi connectivity index (χ4v) is 2.73. The van der Waals surface area contributed by atoms with Crippen LogP contribution in [-0.4, -0.2) is 28.8 Å². The van der Waals surface area contributed by atoms with Crippen LogP contribution in [0.1, 0.15) is 38.8 Å². The van der Waals surface area contributed by atoms with Gasteiger partial charge in [0.1, 0.15) is 18.0 Å². The summed E-state index contributed by atoms with van der Waals surface area (Å²) in [6.07, 6.45) is 3.21. The fraction of sp³-hybridized carbons (Fsp3) is 0.360. The molecule has 2 aromatic rings. The molecule has 2 aromatic carbocycles. The molecular formula is C25H31NO5. The third-order valence-electron chi connectivity index (χ3n) is 4.35. The van der Waals surface area contributed by atoms with Crippen LogP contribution in [0.15, 0.2) is 66.7 Å². The summed E-state index contributed by atoms with van der Waals surface area (Å²) in [5.74, 6) is -0.830. The largest absolute Gasteiger partial charge is 0.489 e. The molecule has 0 heterocycles. The SMILES string of the molecule is C[C@H](/C=C/[C@H](Cc1ccc(OCc2ccccc2)cc1)NC(=O)OC(C)(C)C)C(=O)O. The van der Waals surface area contributed by atoms with Gasteiger partial charge in [0, 0.05) is 0 Å². The van der Waals surface area contributed by atoms with Crippen LogP contribution in [0.2, 0.25) is 0 Å². The maximum absolute atomic E-state index is 12.2. The van der Waals surface area contributed by atoms with Crippen molar-refractivity contribution in [1.29, 1.82) is 0 Å². The molecule has 0 saturated carbocycles. The number of amides is 1. The van der Waals surface area contributed by atoms with E-state index in [2.05, 4.69) is 5.32 Å². The van der Waals surface area contributed by atoms with E-state index in [1.54, 1.807) is 39.8 Å². The van der Waals surface area contributed by atoms with Gasteiger partial charge >= 0.3 is 12.1 Å². The third kappa shape index (κ3) is 9.38. The van der Waals surface area contributed by atoms with E-state index in [1.807, 2.05) is 54.6 Å². The van der Waals surface area contributed by atoms with E-state index < -0.39 is 29.6 Å². The van der Waals surface area contributed by atoms with Gasteiger partial charge < -0.3 is 19.9 Å². The van der Waals surface area contributed by atoms with Crippen molar-refractivity contribution in [3.63, 3.8) is 0 Å². The predicted molar refractivity (Wildman–Crippen MR) is 120 cm³/mol. The molecule has 0 aliphatic heterocycles. The number of alkyl carbamates (subject to hydrolysis) is 1. The minimum absolute atomic E-state index is 0.410. The normalized spacial score (nSPS) is 13.4. The lowest BCUT2D eigenvalue weighted by Gasteiger charge is -2.22. The van der Waals surface area contributed by atoms with Gasteiger partial charge in [0.15, 0.2) is 0 Å². The summed E-state index contributed by atoms with van der Waals surface area (Å²) in [7, 11) is 0. The van der Waals surface area contributed by atoms with Crippen LogP contribution in [0.4, 0.5) is 4.79 Å². The third-order valence-corrected chi connectivity index (χ3v) is 4.35. The highest BCUT2D eigenvalue weighted by molar-refractivity contribution is 5.72. The summed E-state index contributed by atoms with van der Waals surface area (Å²) in [6.45, 7) is 7.44. The van der Waals surface area contributed by atoms with E-state index in [-0.39, 0.29) is 0 Å². The van der Waals surface area contributed by atoms with Crippen molar-refractivity contribution in [1.82, 2.24) is 5.32 Å². The lowest BCUT2D eigenvalue weighted by atomic mass is 10.0. The number of carboxylic acids is 1. The number of carbonyl (C=O) groups excluding carboxylic acids is 1. The zero-order valence-electron chi connectivity index (χ0n) is 18.5. The molecule has 0 aliphatic carbocycles. The van der Waals surface area contributed by atoms with Crippen molar-refractivity contribution in [3.8, 4) is 5.75 Å². The molecule has 0 saturated heterocycles. The van der Waals surface area contributed by atoms with Gasteiger partial charge in [-0.25, -0.2) is 4.79 Å². The van der Waals surface area contributed by atoms with Crippen molar-refractivity contribution in [3.05, 3.63) is 77.9 Å². The lowest BCUT2D eigenvalue weighted by Crippen LogP contribution is -2.39. The number of aliphatic carboxylic acids is 1. The van der Waals surface area contributed by atoms with Crippen LogP contribution >= 0.6 is 0 Å². The number of carbonyl (C=O) groups is 2. The van der Waals surface area contributed by atoms with Gasteiger partial charge in [-0.1, -0.05) is 54.6 Å². The summed E-state index contributed by atoms with van der Waals surface area (Å²) in [5, 5.41) is 11.9. The van der Waals surface area contributed by atoms with Crippen LogP contribution < -0.4 is 10.1 Å². The Hall–Kier alpha value is -3.28. The van der Waals surface area contributed by atoms with Gasteiger partial charge in [-0.15, -0.1) is 0 Å². The van der Waals surface area contributed by atoms with Crippen molar-refractivity contribution in [2.45, 2.75) is 52.4 Å². The molecule has 1 amide bonds. The smallest absolute Gasteiger partial charge is 0.408 e. The van der Waals surface area contributed by atoms with Crippen LogP contribution in [0.3, 0.4) is 0 Å². The zero-order chi connectivity index (χ0) is 22.9. The standard InChI is InChI=1S/C25H31NO5/c1-18(23(27)28)10-13-21(26-24(29)31-25(2,3)4)16-19-11-14-22(15-12-19)30-17-20-8-6-5-7-9-20/h5-15,18,21H,16-17H2,1-4H3,(H,26,29)(H,27,28)/b13-10+/t18-,21-/m1/s1. The second kappa shape index (κ2) is 11.2. The van der Waals surface area contributed by atoms with E-state index in [4.69, 9.17) is 14.6 Å². The first-order valence-electron chi connectivity index (χ1n) is 10.3. The molecule has 6 heteroatoms. The van der Waals surface area contributed by atoms with Crippen molar-refractivity contribution < 1.29 is 24.2 Å². The van der Waals surface area contributed by atoms with Crippen LogP contribution in [0, 0.1) is 5.92 Å². The van der Waals surface area contributed by atoms with E-state index >= 15 is 0 Å². The zero-order valence-corrected chi connectivity index (χ0v) is 18.5. The maximum atomic E-state index is 12.2. The molecule has 0 unspecified atom stereocenters. The van der Waals surface area contributed by atoms with Gasteiger partial charge in [0.25, 0.3) is 0 Å². The molecule has 2 N–H and O–H groups in total. The average Bonchev–Trinajstić information content (AvgIpc) is 2.70. The maximum Gasteiger partial charge on any atom is 0.408 e. The van der Waals surface area contributed by atoms with Gasteiger partial charge in [-0.05, 0) is 57.4 Å². The van der Waals surface area contributed by atoms with Gasteiger partial charge in [0.2, 0.25) is 0 Å². The predicted octanol–water partition coefficient (Wildman–Crippen LogP) is 4.98. The number of nitrogens with one attached hydrogen (secondary N) is 1. The first-order valence-corrected chi connectivity index (χ1v) is 10.3. The molecule has 0 radical (unpaired) electrons. The Morgan fingerprint density at radius 3 is 2.23 bits per heavy atom. The molecular weight excluding hydrogens is 394 g/mol. The molecule has 6 nitrogen and oxygen atoms in total. The Labute approximate surface area is 183 Å². The molecule has 0 fully saturated rings. The number of carboxylic acid groups (broad SMARTS) is 1. The van der Waals surface area contributed by atoms with Gasteiger partial charge in [-0.2, -0.15) is 0 Å². The van der Waals surface area contributed by atoms with E-state index in [1.165, 1.54) is 0 Å². The van der Waals surface area contributed by atoms with Crippen molar-refractivity contribution in [2.75, 3.05) is 0 Å². The Balaban J connectivity index is 2.02. The molecule has 2 atom stereocenters. The number of ether oxygens (including phenoxy) is 2. The highest BCUT2D eigenvalue weighted by Gasteiger charge is 2.19. The number of benzene rings is 2. The molecule has 0 aliphatic rings. The fourth-order valence-electron chi connectivity index (χ4n) is 2.73. The average molecular weight is 426 g/mol. The summed E-state index contributed by atoms with van der Waals surface area (Å²) in [4.78, 5) is 23.3. The Kier molecular flexibility index (Phi) is 8.67. The Morgan fingerprint density at radius 1 is 1.00 bits per heavy atom. The van der Waals surface area contributed by atoms with Gasteiger partial charge in [-0.3, -0.25) is 4.79 Å². The second-order valence-electron chi connectivity index (χ2n) is 8.39. The summed E-state index contributed by atoms with van der Waals surface area (Å²) < 4.78 is 11.1. The summed E-state index contributed by atoms with van der Waals surface area (Å²) in [6, 6.07) is 17.1. The Bertz CT molecular complexity index is 869. The van der Waals surface area contributed by atoms with Crippen LogP contribution in [0.5, 0.6) is 5.75 Å². The quantitative estimate of drug-likeness (QED) is 0.554. The van der Waals surface area contributed by atoms with Crippen LogP contribution in [0.25, 0.3) is 0 Å². The molecule has 2 rings (SSSR count). The van der Waals surface area contributed by atoms with Crippen molar-refractivity contribution in [2.24, 2.45) is 5.92 Å². The highest BCUT2D eigenvalue weighted by atomic mass is 16.6. The monoisotopic (exact) mass is 425 g/mol. The molecule has 0 spiro atoms. The van der Waals surface area contributed by atoms with E-state index in [0.717, 1.165) is 16.9 Å². The molecule has 0 aromatic heterocycles. The molecule has 31 heavy (non-hydrogen) atoms. The first kappa shape index (κ1) is 24.0. The second-order valence-corrected chi connectivity index (χ2v) is 8.39. The molecule has 0 bridgehead atoms. The minimum Gasteiger partial charge on any atom is -0.489 e.